The topological polar surface area (TPSA) is 51.8 Å². The first kappa shape index (κ1) is 11.0. The van der Waals surface area contributed by atoms with Crippen LogP contribution < -0.4 is 5.73 Å². The minimum atomic E-state index is 0.297. The lowest BCUT2D eigenvalue weighted by Gasteiger charge is -2.10. The van der Waals surface area contributed by atoms with Crippen LogP contribution in [0.4, 0.5) is 5.69 Å². The van der Waals surface area contributed by atoms with Gasteiger partial charge in [0, 0.05) is 23.3 Å². The second kappa shape index (κ2) is 4.99. The maximum atomic E-state index is 5.75. The largest absolute Gasteiger partial charge is 0.399 e. The molecule has 1 aromatic heterocycles. The zero-order valence-corrected chi connectivity index (χ0v) is 9.82. The summed E-state index contributed by atoms with van der Waals surface area (Å²) in [5.74, 6) is 0. The molecular formula is C12H13N3S. The van der Waals surface area contributed by atoms with Gasteiger partial charge in [-0.05, 0) is 30.7 Å². The minimum Gasteiger partial charge on any atom is -0.399 e. The number of anilines is 1. The van der Waals surface area contributed by atoms with Gasteiger partial charge in [-0.1, -0.05) is 23.9 Å². The van der Waals surface area contributed by atoms with Gasteiger partial charge in [-0.2, -0.15) is 0 Å². The number of hydrogen-bond acceptors (Lipinski definition) is 4. The van der Waals surface area contributed by atoms with Crippen molar-refractivity contribution in [1.29, 1.82) is 0 Å². The van der Waals surface area contributed by atoms with Gasteiger partial charge < -0.3 is 5.73 Å². The highest BCUT2D eigenvalue weighted by molar-refractivity contribution is 7.99. The Morgan fingerprint density at radius 3 is 2.62 bits per heavy atom. The second-order valence-electron chi connectivity index (χ2n) is 3.46. The molecule has 0 aliphatic carbocycles. The van der Waals surface area contributed by atoms with Crippen LogP contribution in [-0.4, -0.2) is 9.97 Å². The third-order valence-corrected chi connectivity index (χ3v) is 3.25. The summed E-state index contributed by atoms with van der Waals surface area (Å²) in [4.78, 5) is 8.37. The van der Waals surface area contributed by atoms with Crippen LogP contribution in [0.5, 0.6) is 0 Å². The molecule has 0 saturated heterocycles. The molecule has 1 atom stereocenters. The monoisotopic (exact) mass is 231 g/mol. The van der Waals surface area contributed by atoms with Crippen molar-refractivity contribution >= 4 is 17.4 Å². The van der Waals surface area contributed by atoms with E-state index in [2.05, 4.69) is 23.0 Å². The third kappa shape index (κ3) is 2.73. The van der Waals surface area contributed by atoms with Gasteiger partial charge in [-0.25, -0.2) is 9.97 Å². The van der Waals surface area contributed by atoms with E-state index in [1.54, 1.807) is 24.2 Å². The number of nitrogen functional groups attached to an aromatic ring is 1. The van der Waals surface area contributed by atoms with Crippen LogP contribution in [0.25, 0.3) is 0 Å². The molecule has 2 rings (SSSR count). The smallest absolute Gasteiger partial charge is 0.188 e. The molecule has 82 valence electrons. The highest BCUT2D eigenvalue weighted by atomic mass is 32.2. The minimum absolute atomic E-state index is 0.297. The van der Waals surface area contributed by atoms with Gasteiger partial charge in [0.2, 0.25) is 0 Å². The molecule has 0 aliphatic rings. The Morgan fingerprint density at radius 2 is 1.94 bits per heavy atom. The summed E-state index contributed by atoms with van der Waals surface area (Å²) in [5.41, 5.74) is 7.73. The highest BCUT2D eigenvalue weighted by Crippen LogP contribution is 2.32. The van der Waals surface area contributed by atoms with Crippen molar-refractivity contribution in [3.05, 3.63) is 48.3 Å². The number of thioether (sulfide) groups is 1. The Hall–Kier alpha value is -1.55. The number of rotatable bonds is 3. The van der Waals surface area contributed by atoms with Crippen molar-refractivity contribution < 1.29 is 0 Å². The Balaban J connectivity index is 2.12. The van der Waals surface area contributed by atoms with E-state index < -0.39 is 0 Å². The molecule has 0 spiro atoms. The Bertz CT molecular complexity index is 459. The fourth-order valence-electron chi connectivity index (χ4n) is 1.38. The van der Waals surface area contributed by atoms with Crippen molar-refractivity contribution in [2.75, 3.05) is 5.73 Å². The Kier molecular flexibility index (Phi) is 3.41. The average molecular weight is 231 g/mol. The third-order valence-electron chi connectivity index (χ3n) is 2.20. The SMILES string of the molecule is CC(Sc1ncccn1)c1cccc(N)c1. The lowest BCUT2D eigenvalue weighted by atomic mass is 10.1. The molecule has 1 heterocycles. The molecule has 4 heteroatoms. The van der Waals surface area contributed by atoms with E-state index in [4.69, 9.17) is 5.73 Å². The summed E-state index contributed by atoms with van der Waals surface area (Å²) >= 11 is 1.63. The first-order chi connectivity index (χ1) is 7.75. The van der Waals surface area contributed by atoms with E-state index in [1.165, 1.54) is 5.56 Å². The molecule has 0 amide bonds. The molecule has 2 aromatic rings. The number of benzene rings is 1. The maximum Gasteiger partial charge on any atom is 0.188 e. The molecular weight excluding hydrogens is 218 g/mol. The Labute approximate surface area is 99.1 Å². The molecule has 2 N–H and O–H groups in total. The van der Waals surface area contributed by atoms with Gasteiger partial charge in [0.15, 0.2) is 5.16 Å². The van der Waals surface area contributed by atoms with Crippen molar-refractivity contribution in [3.8, 4) is 0 Å². The number of nitrogens with zero attached hydrogens (tertiary/aromatic N) is 2. The van der Waals surface area contributed by atoms with Crippen molar-refractivity contribution in [3.63, 3.8) is 0 Å². The van der Waals surface area contributed by atoms with Gasteiger partial charge in [0.1, 0.15) is 0 Å². The quantitative estimate of drug-likeness (QED) is 0.501. The average Bonchev–Trinajstić information content (AvgIpc) is 2.30. The lowest BCUT2D eigenvalue weighted by Crippen LogP contribution is -1.93. The summed E-state index contributed by atoms with van der Waals surface area (Å²) in [6.07, 6.45) is 3.50. The predicted octanol–water partition coefficient (Wildman–Crippen LogP) is 2.91. The zero-order valence-electron chi connectivity index (χ0n) is 9.00. The number of hydrogen-bond donors (Lipinski definition) is 1. The maximum absolute atomic E-state index is 5.75. The van der Waals surface area contributed by atoms with Crippen LogP contribution >= 0.6 is 11.8 Å². The molecule has 0 radical (unpaired) electrons. The number of aromatic nitrogens is 2. The van der Waals surface area contributed by atoms with Gasteiger partial charge in [-0.3, -0.25) is 0 Å². The van der Waals surface area contributed by atoms with Gasteiger partial charge in [0.25, 0.3) is 0 Å². The molecule has 0 fully saturated rings. The van der Waals surface area contributed by atoms with Crippen molar-refractivity contribution in [2.45, 2.75) is 17.3 Å². The van der Waals surface area contributed by atoms with Crippen LogP contribution in [0.3, 0.4) is 0 Å². The molecule has 0 aliphatic heterocycles. The van der Waals surface area contributed by atoms with Gasteiger partial charge in [0.05, 0.1) is 0 Å². The van der Waals surface area contributed by atoms with E-state index in [1.807, 2.05) is 24.3 Å². The van der Waals surface area contributed by atoms with Gasteiger partial charge in [-0.15, -0.1) is 0 Å². The molecule has 0 saturated carbocycles. The van der Waals surface area contributed by atoms with E-state index in [0.717, 1.165) is 10.8 Å². The summed E-state index contributed by atoms with van der Waals surface area (Å²) in [6, 6.07) is 9.72. The second-order valence-corrected chi connectivity index (χ2v) is 4.77. The van der Waals surface area contributed by atoms with Gasteiger partial charge >= 0.3 is 0 Å². The van der Waals surface area contributed by atoms with Crippen LogP contribution in [-0.2, 0) is 0 Å². The summed E-state index contributed by atoms with van der Waals surface area (Å²) < 4.78 is 0. The molecule has 1 unspecified atom stereocenters. The summed E-state index contributed by atoms with van der Waals surface area (Å²) in [6.45, 7) is 2.12. The summed E-state index contributed by atoms with van der Waals surface area (Å²) in [5, 5.41) is 1.09. The van der Waals surface area contributed by atoms with Crippen molar-refractivity contribution in [1.82, 2.24) is 9.97 Å². The molecule has 1 aromatic carbocycles. The van der Waals surface area contributed by atoms with E-state index in [9.17, 15) is 0 Å². The standard InChI is InChI=1S/C12H13N3S/c1-9(10-4-2-5-11(13)8-10)16-12-14-6-3-7-15-12/h2-9H,13H2,1H3. The summed E-state index contributed by atoms with van der Waals surface area (Å²) in [7, 11) is 0. The van der Waals surface area contributed by atoms with Crippen LogP contribution in [0, 0.1) is 0 Å². The number of nitrogens with two attached hydrogens (primary N) is 1. The van der Waals surface area contributed by atoms with Crippen LogP contribution in [0.15, 0.2) is 47.9 Å². The van der Waals surface area contributed by atoms with E-state index in [-0.39, 0.29) is 0 Å². The predicted molar refractivity (Wildman–Crippen MR) is 67.2 cm³/mol. The molecule has 3 nitrogen and oxygen atoms in total. The molecule has 16 heavy (non-hydrogen) atoms. The normalized spacial score (nSPS) is 12.3. The van der Waals surface area contributed by atoms with E-state index >= 15 is 0 Å². The fourth-order valence-corrected chi connectivity index (χ4v) is 2.23. The van der Waals surface area contributed by atoms with Crippen LogP contribution in [0.1, 0.15) is 17.7 Å². The van der Waals surface area contributed by atoms with Crippen LogP contribution in [0.2, 0.25) is 0 Å². The van der Waals surface area contributed by atoms with E-state index in [0.29, 0.717) is 5.25 Å². The molecule has 0 bridgehead atoms. The Morgan fingerprint density at radius 1 is 1.19 bits per heavy atom. The first-order valence-electron chi connectivity index (χ1n) is 5.05. The lowest BCUT2D eigenvalue weighted by molar-refractivity contribution is 0.952. The highest BCUT2D eigenvalue weighted by Gasteiger charge is 2.08. The van der Waals surface area contributed by atoms with Crippen molar-refractivity contribution in [2.24, 2.45) is 0 Å². The first-order valence-corrected chi connectivity index (χ1v) is 5.93. The zero-order chi connectivity index (χ0) is 11.4. The fraction of sp³-hybridized carbons (Fsp3) is 0.167.